The van der Waals surface area contributed by atoms with Crippen LogP contribution in [0.5, 0.6) is 0 Å². The van der Waals surface area contributed by atoms with Crippen LogP contribution >= 0.6 is 15.9 Å². The summed E-state index contributed by atoms with van der Waals surface area (Å²) in [5.41, 5.74) is 0.312. The van der Waals surface area contributed by atoms with Gasteiger partial charge in [-0.3, -0.25) is 4.79 Å². The summed E-state index contributed by atoms with van der Waals surface area (Å²) < 4.78 is 24.2. The maximum Gasteiger partial charge on any atom is 0.255 e. The van der Waals surface area contributed by atoms with E-state index < -0.39 is 5.82 Å². The molecule has 0 aromatic heterocycles. The molecule has 6 heteroatoms. The summed E-state index contributed by atoms with van der Waals surface area (Å²) in [6.07, 6.45) is -0.303. The van der Waals surface area contributed by atoms with E-state index in [0.717, 1.165) is 0 Å². The van der Waals surface area contributed by atoms with Gasteiger partial charge in [-0.25, -0.2) is 4.39 Å². The highest BCUT2D eigenvalue weighted by Gasteiger charge is 2.36. The molecule has 2 atom stereocenters. The molecule has 1 aromatic rings. The number of methoxy groups -OCH3 is 2. The number of nitrogens with zero attached hydrogens (tertiary/aromatic N) is 1. The van der Waals surface area contributed by atoms with Crippen molar-refractivity contribution in [1.82, 2.24) is 4.90 Å². The first kappa shape index (κ1) is 14.4. The van der Waals surface area contributed by atoms with E-state index in [-0.39, 0.29) is 22.6 Å². The molecule has 1 aliphatic rings. The van der Waals surface area contributed by atoms with Crippen molar-refractivity contribution in [2.45, 2.75) is 12.2 Å². The quantitative estimate of drug-likeness (QED) is 0.851. The zero-order valence-electron chi connectivity index (χ0n) is 10.7. The third kappa shape index (κ3) is 2.80. The first-order valence-electron chi connectivity index (χ1n) is 5.87. The fourth-order valence-electron chi connectivity index (χ4n) is 2.20. The van der Waals surface area contributed by atoms with Crippen molar-refractivity contribution in [3.63, 3.8) is 0 Å². The van der Waals surface area contributed by atoms with E-state index >= 15 is 0 Å². The molecule has 1 heterocycles. The number of carbonyl (C=O) groups excluding carboxylic acids is 1. The van der Waals surface area contributed by atoms with Gasteiger partial charge in [0.25, 0.3) is 5.91 Å². The van der Waals surface area contributed by atoms with Crippen LogP contribution in [0, 0.1) is 5.82 Å². The Labute approximate surface area is 119 Å². The van der Waals surface area contributed by atoms with Gasteiger partial charge in [-0.1, -0.05) is 6.07 Å². The lowest BCUT2D eigenvalue weighted by Crippen LogP contribution is -2.30. The Kier molecular flexibility index (Phi) is 4.54. The van der Waals surface area contributed by atoms with E-state index in [1.165, 1.54) is 12.1 Å². The van der Waals surface area contributed by atoms with E-state index in [9.17, 15) is 9.18 Å². The molecule has 0 aliphatic carbocycles. The van der Waals surface area contributed by atoms with E-state index in [4.69, 9.17) is 9.47 Å². The van der Waals surface area contributed by atoms with Gasteiger partial charge in [0.05, 0.1) is 10.0 Å². The number of halogens is 2. The summed E-state index contributed by atoms with van der Waals surface area (Å²) >= 11 is 3.11. The highest BCUT2D eigenvalue weighted by Crippen LogP contribution is 2.24. The van der Waals surface area contributed by atoms with E-state index in [0.29, 0.717) is 18.7 Å². The molecule has 0 N–H and O–H groups in total. The van der Waals surface area contributed by atoms with Crippen LogP contribution in [0.3, 0.4) is 0 Å². The molecule has 1 aromatic carbocycles. The summed E-state index contributed by atoms with van der Waals surface area (Å²) in [6.45, 7) is 0.883. The molecule has 19 heavy (non-hydrogen) atoms. The van der Waals surface area contributed by atoms with Crippen LogP contribution in [0.1, 0.15) is 10.4 Å². The predicted molar refractivity (Wildman–Crippen MR) is 71.6 cm³/mol. The average molecular weight is 332 g/mol. The van der Waals surface area contributed by atoms with Crippen LogP contribution in [-0.2, 0) is 9.47 Å². The van der Waals surface area contributed by atoms with Crippen molar-refractivity contribution in [1.29, 1.82) is 0 Å². The molecule has 2 unspecified atom stereocenters. The predicted octanol–water partition coefficient (Wildman–Crippen LogP) is 2.07. The molecule has 0 saturated carbocycles. The summed E-state index contributed by atoms with van der Waals surface area (Å²) in [5.74, 6) is -0.676. The topological polar surface area (TPSA) is 38.8 Å². The molecule has 0 radical (unpaired) electrons. The van der Waals surface area contributed by atoms with Gasteiger partial charge in [0, 0.05) is 27.3 Å². The molecule has 0 bridgehead atoms. The highest BCUT2D eigenvalue weighted by atomic mass is 79.9. The molecule has 1 fully saturated rings. The third-order valence-electron chi connectivity index (χ3n) is 3.29. The van der Waals surface area contributed by atoms with Crippen molar-refractivity contribution in [3.05, 3.63) is 34.1 Å². The Morgan fingerprint density at radius 3 is 2.42 bits per heavy atom. The molecule has 2 rings (SSSR count). The van der Waals surface area contributed by atoms with Gasteiger partial charge in [-0.05, 0) is 28.1 Å². The van der Waals surface area contributed by atoms with Gasteiger partial charge in [-0.15, -0.1) is 0 Å². The first-order valence-corrected chi connectivity index (χ1v) is 6.66. The second-order valence-electron chi connectivity index (χ2n) is 4.36. The van der Waals surface area contributed by atoms with E-state index in [1.54, 1.807) is 25.2 Å². The number of rotatable bonds is 3. The molecular formula is C13H15BrFNO3. The molecular weight excluding hydrogens is 317 g/mol. The van der Waals surface area contributed by atoms with Crippen molar-refractivity contribution in [2.24, 2.45) is 0 Å². The first-order chi connectivity index (χ1) is 9.08. The largest absolute Gasteiger partial charge is 0.377 e. The Hall–Kier alpha value is -0.980. The molecule has 1 aliphatic heterocycles. The molecule has 4 nitrogen and oxygen atoms in total. The standard InChI is InChI=1S/C13H15BrFNO3/c1-18-10-6-16(7-11(10)19-2)13(17)8-4-3-5-9(15)12(8)14/h3-5,10-11H,6-7H2,1-2H3. The number of amides is 1. The number of carbonyl (C=O) groups is 1. The summed E-state index contributed by atoms with van der Waals surface area (Å²) in [4.78, 5) is 14.0. The molecule has 1 amide bonds. The van der Waals surface area contributed by atoms with E-state index in [2.05, 4.69) is 15.9 Å². The van der Waals surface area contributed by atoms with Gasteiger partial charge < -0.3 is 14.4 Å². The Balaban J connectivity index is 2.19. The monoisotopic (exact) mass is 331 g/mol. The second-order valence-corrected chi connectivity index (χ2v) is 5.15. The van der Waals surface area contributed by atoms with Crippen molar-refractivity contribution in [2.75, 3.05) is 27.3 Å². The number of benzene rings is 1. The van der Waals surface area contributed by atoms with Gasteiger partial charge in [0.1, 0.15) is 18.0 Å². The van der Waals surface area contributed by atoms with Crippen LogP contribution in [0.25, 0.3) is 0 Å². The Morgan fingerprint density at radius 1 is 1.32 bits per heavy atom. The smallest absolute Gasteiger partial charge is 0.255 e. The lowest BCUT2D eigenvalue weighted by atomic mass is 10.2. The highest BCUT2D eigenvalue weighted by molar-refractivity contribution is 9.10. The minimum Gasteiger partial charge on any atom is -0.377 e. The number of hydrogen-bond acceptors (Lipinski definition) is 3. The second kappa shape index (κ2) is 5.98. The third-order valence-corrected chi connectivity index (χ3v) is 4.10. The number of hydrogen-bond donors (Lipinski definition) is 0. The van der Waals surface area contributed by atoms with Crippen LogP contribution in [-0.4, -0.2) is 50.3 Å². The lowest BCUT2D eigenvalue weighted by Gasteiger charge is -2.16. The van der Waals surface area contributed by atoms with Gasteiger partial charge in [-0.2, -0.15) is 0 Å². The van der Waals surface area contributed by atoms with Crippen LogP contribution in [0.4, 0.5) is 4.39 Å². The zero-order valence-corrected chi connectivity index (χ0v) is 12.3. The van der Waals surface area contributed by atoms with Crippen molar-refractivity contribution < 1.29 is 18.7 Å². The van der Waals surface area contributed by atoms with E-state index in [1.807, 2.05) is 0 Å². The van der Waals surface area contributed by atoms with Crippen LogP contribution in [0.15, 0.2) is 22.7 Å². The van der Waals surface area contributed by atoms with Crippen molar-refractivity contribution in [3.8, 4) is 0 Å². The normalized spacial score (nSPS) is 22.8. The SMILES string of the molecule is COC1CN(C(=O)c2cccc(F)c2Br)CC1OC. The minimum absolute atomic E-state index is 0.152. The molecule has 104 valence electrons. The summed E-state index contributed by atoms with van der Waals surface area (Å²) in [5, 5.41) is 0. The van der Waals surface area contributed by atoms with Crippen LogP contribution < -0.4 is 0 Å². The minimum atomic E-state index is -0.448. The summed E-state index contributed by atoms with van der Waals surface area (Å²) in [7, 11) is 3.17. The fraction of sp³-hybridized carbons (Fsp3) is 0.462. The maximum absolute atomic E-state index is 13.4. The average Bonchev–Trinajstić information content (AvgIpc) is 2.84. The molecule has 1 saturated heterocycles. The number of likely N-dealkylation sites (tertiary alicyclic amines) is 1. The maximum atomic E-state index is 13.4. The molecule has 0 spiro atoms. The Bertz CT molecular complexity index is 471. The van der Waals surface area contributed by atoms with Gasteiger partial charge >= 0.3 is 0 Å². The summed E-state index contributed by atoms with van der Waals surface area (Å²) in [6, 6.07) is 4.42. The lowest BCUT2D eigenvalue weighted by molar-refractivity contribution is -0.00461. The van der Waals surface area contributed by atoms with Gasteiger partial charge in [0.15, 0.2) is 0 Å². The number of ether oxygens (including phenoxy) is 2. The van der Waals surface area contributed by atoms with Crippen LogP contribution in [0.2, 0.25) is 0 Å². The fourth-order valence-corrected chi connectivity index (χ4v) is 2.64. The Morgan fingerprint density at radius 2 is 1.89 bits per heavy atom. The van der Waals surface area contributed by atoms with Crippen molar-refractivity contribution >= 4 is 21.8 Å². The zero-order chi connectivity index (χ0) is 14.0. The van der Waals surface area contributed by atoms with Gasteiger partial charge in [0.2, 0.25) is 0 Å².